The molecule has 2 aromatic rings. The number of aryl methyl sites for hydroxylation is 2. The minimum Gasteiger partial charge on any atom is -0.377 e. The number of aromatic nitrogens is 2. The largest absolute Gasteiger partial charge is 0.377 e. The van der Waals surface area contributed by atoms with Gasteiger partial charge in [0.05, 0.1) is 11.8 Å². The van der Waals surface area contributed by atoms with Crippen LogP contribution in [0.15, 0.2) is 29.0 Å². The Bertz CT molecular complexity index is 572. The van der Waals surface area contributed by atoms with Crippen molar-refractivity contribution in [3.8, 4) is 0 Å². The van der Waals surface area contributed by atoms with Gasteiger partial charge in [-0.25, -0.2) is 0 Å². The highest BCUT2D eigenvalue weighted by Crippen LogP contribution is 2.20. The molecule has 1 atom stereocenters. The Labute approximate surface area is 131 Å². The van der Waals surface area contributed by atoms with Crippen LogP contribution in [-0.4, -0.2) is 34.3 Å². The molecule has 1 saturated heterocycles. The lowest BCUT2D eigenvalue weighted by Gasteiger charge is -2.25. The molecule has 0 spiro atoms. The number of hydrogen-bond donors (Lipinski definition) is 0. The summed E-state index contributed by atoms with van der Waals surface area (Å²) in [6, 6.07) is 4.10. The molecule has 0 bridgehead atoms. The van der Waals surface area contributed by atoms with Crippen LogP contribution in [0, 0.1) is 13.8 Å². The van der Waals surface area contributed by atoms with Gasteiger partial charge in [0.25, 0.3) is 0 Å². The van der Waals surface area contributed by atoms with Gasteiger partial charge in [0.15, 0.2) is 0 Å². The predicted octanol–water partition coefficient (Wildman–Crippen LogP) is 2.87. The Kier molecular flexibility index (Phi) is 4.85. The van der Waals surface area contributed by atoms with Crippen LogP contribution in [0.3, 0.4) is 0 Å². The van der Waals surface area contributed by atoms with E-state index in [1.165, 1.54) is 11.1 Å². The van der Waals surface area contributed by atoms with Crippen molar-refractivity contribution in [1.82, 2.24) is 15.0 Å². The summed E-state index contributed by atoms with van der Waals surface area (Å²) >= 11 is 0. The van der Waals surface area contributed by atoms with Crippen LogP contribution in [0.5, 0.6) is 0 Å². The van der Waals surface area contributed by atoms with Crippen LogP contribution in [0.25, 0.3) is 0 Å². The number of nitrogens with zero attached hydrogens (tertiary/aromatic N) is 3. The van der Waals surface area contributed by atoms with Crippen molar-refractivity contribution < 1.29 is 9.26 Å². The molecule has 22 heavy (non-hydrogen) atoms. The summed E-state index contributed by atoms with van der Waals surface area (Å²) in [5.74, 6) is 0.904. The van der Waals surface area contributed by atoms with Gasteiger partial charge < -0.3 is 9.26 Å². The van der Waals surface area contributed by atoms with Crippen molar-refractivity contribution in [2.24, 2.45) is 0 Å². The lowest BCUT2D eigenvalue weighted by Crippen LogP contribution is -2.31. The van der Waals surface area contributed by atoms with E-state index in [1.807, 2.05) is 32.3 Å². The molecule has 5 nitrogen and oxygen atoms in total. The van der Waals surface area contributed by atoms with Crippen molar-refractivity contribution in [1.29, 1.82) is 0 Å². The minimum atomic E-state index is 0.331. The highest BCUT2D eigenvalue weighted by Gasteiger charge is 2.21. The highest BCUT2D eigenvalue weighted by molar-refractivity contribution is 5.21. The fraction of sp³-hybridized carbons (Fsp3) is 0.529. The first-order valence-electron chi connectivity index (χ1n) is 7.87. The molecule has 0 saturated carbocycles. The third-order valence-corrected chi connectivity index (χ3v) is 4.18. The zero-order valence-corrected chi connectivity index (χ0v) is 13.3. The third kappa shape index (κ3) is 3.72. The summed E-state index contributed by atoms with van der Waals surface area (Å²) in [6.45, 7) is 7.48. The first-order valence-corrected chi connectivity index (χ1v) is 7.87. The molecule has 0 amide bonds. The molecule has 0 aromatic carbocycles. The second-order valence-electron chi connectivity index (χ2n) is 5.97. The van der Waals surface area contributed by atoms with Crippen LogP contribution >= 0.6 is 0 Å². The Hall–Kier alpha value is -1.72. The summed E-state index contributed by atoms with van der Waals surface area (Å²) < 4.78 is 11.1. The zero-order valence-electron chi connectivity index (χ0n) is 13.3. The molecule has 0 unspecified atom stereocenters. The molecule has 0 N–H and O–H groups in total. The van der Waals surface area contributed by atoms with E-state index >= 15 is 0 Å². The molecule has 1 aliphatic rings. The quantitative estimate of drug-likeness (QED) is 0.821. The van der Waals surface area contributed by atoms with E-state index in [9.17, 15) is 0 Å². The lowest BCUT2D eigenvalue weighted by atomic mass is 10.1. The number of ether oxygens (including phenoxy) is 1. The van der Waals surface area contributed by atoms with Crippen molar-refractivity contribution in [2.45, 2.75) is 45.9 Å². The summed E-state index contributed by atoms with van der Waals surface area (Å²) in [6.07, 6.45) is 6.37. The van der Waals surface area contributed by atoms with Crippen LogP contribution in [-0.2, 0) is 17.8 Å². The monoisotopic (exact) mass is 301 g/mol. The van der Waals surface area contributed by atoms with Crippen LogP contribution < -0.4 is 0 Å². The number of pyridine rings is 1. The van der Waals surface area contributed by atoms with Crippen LogP contribution in [0.1, 0.15) is 35.4 Å². The molecular weight excluding hydrogens is 278 g/mol. The summed E-state index contributed by atoms with van der Waals surface area (Å²) in [5, 5.41) is 4.06. The second-order valence-corrected chi connectivity index (χ2v) is 5.97. The maximum atomic E-state index is 5.80. The molecule has 0 radical (unpaired) electrons. The third-order valence-electron chi connectivity index (χ3n) is 4.18. The second kappa shape index (κ2) is 7.03. The SMILES string of the molecule is Cc1noc(C)c1CN(Cc1cccnc1)C[C@@H]1CCCO1. The van der Waals surface area contributed by atoms with Gasteiger partial charge >= 0.3 is 0 Å². The number of hydrogen-bond acceptors (Lipinski definition) is 5. The normalized spacial score (nSPS) is 18.2. The van der Waals surface area contributed by atoms with Crippen LogP contribution in [0.2, 0.25) is 0 Å². The number of rotatable bonds is 6. The average molecular weight is 301 g/mol. The van der Waals surface area contributed by atoms with Crippen molar-refractivity contribution in [3.05, 3.63) is 47.1 Å². The average Bonchev–Trinajstić information content (AvgIpc) is 3.13. The molecule has 118 valence electrons. The van der Waals surface area contributed by atoms with Gasteiger partial charge in [-0.15, -0.1) is 0 Å². The smallest absolute Gasteiger partial charge is 0.138 e. The summed E-state index contributed by atoms with van der Waals surface area (Å²) in [4.78, 5) is 6.62. The molecule has 1 aliphatic heterocycles. The highest BCUT2D eigenvalue weighted by atomic mass is 16.5. The molecule has 5 heteroatoms. The Morgan fingerprint density at radius 2 is 2.23 bits per heavy atom. The van der Waals surface area contributed by atoms with E-state index in [4.69, 9.17) is 9.26 Å². The van der Waals surface area contributed by atoms with Gasteiger partial charge in [-0.1, -0.05) is 11.2 Å². The van der Waals surface area contributed by atoms with E-state index in [0.717, 1.165) is 50.5 Å². The van der Waals surface area contributed by atoms with Gasteiger partial charge in [-0.2, -0.15) is 0 Å². The first kappa shape index (κ1) is 15.2. The van der Waals surface area contributed by atoms with E-state index in [1.54, 1.807) is 0 Å². The van der Waals surface area contributed by atoms with Gasteiger partial charge in [-0.3, -0.25) is 9.88 Å². The van der Waals surface area contributed by atoms with E-state index in [2.05, 4.69) is 21.1 Å². The molecule has 2 aromatic heterocycles. The van der Waals surface area contributed by atoms with Crippen molar-refractivity contribution >= 4 is 0 Å². The molecular formula is C17H23N3O2. The van der Waals surface area contributed by atoms with E-state index in [0.29, 0.717) is 6.10 Å². The van der Waals surface area contributed by atoms with Crippen molar-refractivity contribution in [3.63, 3.8) is 0 Å². The Morgan fingerprint density at radius 3 is 2.86 bits per heavy atom. The van der Waals surface area contributed by atoms with Gasteiger partial charge in [0, 0.05) is 44.2 Å². The molecule has 0 aliphatic carbocycles. The Morgan fingerprint density at radius 1 is 1.32 bits per heavy atom. The van der Waals surface area contributed by atoms with E-state index in [-0.39, 0.29) is 0 Å². The maximum Gasteiger partial charge on any atom is 0.138 e. The fourth-order valence-corrected chi connectivity index (χ4v) is 2.96. The Balaban J connectivity index is 1.73. The summed E-state index contributed by atoms with van der Waals surface area (Å²) in [7, 11) is 0. The molecule has 3 heterocycles. The standard InChI is InChI=1S/C17H23N3O2/c1-13-17(14(2)22-19-13)12-20(11-16-6-4-8-21-16)10-15-5-3-7-18-9-15/h3,5,7,9,16H,4,6,8,10-12H2,1-2H3/t16-/m0/s1. The molecule has 1 fully saturated rings. The van der Waals surface area contributed by atoms with Gasteiger partial charge in [-0.05, 0) is 38.3 Å². The topological polar surface area (TPSA) is 51.4 Å². The van der Waals surface area contributed by atoms with Crippen molar-refractivity contribution in [2.75, 3.05) is 13.2 Å². The van der Waals surface area contributed by atoms with E-state index < -0.39 is 0 Å². The summed E-state index contributed by atoms with van der Waals surface area (Å²) in [5.41, 5.74) is 3.37. The predicted molar refractivity (Wildman–Crippen MR) is 83.3 cm³/mol. The maximum absolute atomic E-state index is 5.80. The minimum absolute atomic E-state index is 0.331. The fourth-order valence-electron chi connectivity index (χ4n) is 2.96. The first-order chi connectivity index (χ1) is 10.7. The van der Waals surface area contributed by atoms with Gasteiger partial charge in [0.2, 0.25) is 0 Å². The zero-order chi connectivity index (χ0) is 15.4. The van der Waals surface area contributed by atoms with Crippen LogP contribution in [0.4, 0.5) is 0 Å². The lowest BCUT2D eigenvalue weighted by molar-refractivity contribution is 0.0676. The van der Waals surface area contributed by atoms with Gasteiger partial charge in [0.1, 0.15) is 5.76 Å². The molecule has 3 rings (SSSR count).